The second-order valence-electron chi connectivity index (χ2n) is 6.53. The summed E-state index contributed by atoms with van der Waals surface area (Å²) in [6.45, 7) is 4.09. The van der Waals surface area contributed by atoms with Gasteiger partial charge in [-0.25, -0.2) is 4.98 Å². The maximum atomic E-state index is 12.3. The van der Waals surface area contributed by atoms with Crippen molar-refractivity contribution < 1.29 is 9.59 Å². The first-order valence-electron chi connectivity index (χ1n) is 8.67. The second kappa shape index (κ2) is 7.43. The molecule has 1 saturated heterocycles. The average molecular weight is 335 g/mol. The number of carbonyl (C=O) groups is 2. The molecule has 1 aliphatic carbocycles. The van der Waals surface area contributed by atoms with Gasteiger partial charge in [-0.1, -0.05) is 13.3 Å². The number of hydrogen-bond donors (Lipinski definition) is 1. The van der Waals surface area contributed by atoms with Crippen LogP contribution in [0.3, 0.4) is 0 Å². The summed E-state index contributed by atoms with van der Waals surface area (Å²) < 4.78 is 0. The van der Waals surface area contributed by atoms with Crippen LogP contribution < -0.4 is 5.32 Å². The van der Waals surface area contributed by atoms with E-state index in [2.05, 4.69) is 15.2 Å². The van der Waals surface area contributed by atoms with Crippen LogP contribution in [0.5, 0.6) is 0 Å². The summed E-state index contributed by atoms with van der Waals surface area (Å²) in [5.74, 6) is 1.19. The molecule has 1 aromatic rings. The summed E-state index contributed by atoms with van der Waals surface area (Å²) in [6.07, 6.45) is 5.89. The molecule has 3 rings (SSSR count). The molecule has 0 bridgehead atoms. The van der Waals surface area contributed by atoms with Gasteiger partial charge in [0, 0.05) is 36.7 Å². The van der Waals surface area contributed by atoms with Crippen molar-refractivity contribution in [2.75, 3.05) is 13.1 Å². The smallest absolute Gasteiger partial charge is 0.225 e. The third-order valence-electron chi connectivity index (χ3n) is 4.97. The Bertz CT molecular complexity index is 560. The molecule has 0 unspecified atom stereocenters. The molecule has 2 fully saturated rings. The third-order valence-corrected chi connectivity index (χ3v) is 6.02. The first-order valence-corrected chi connectivity index (χ1v) is 9.55. The Morgan fingerprint density at radius 3 is 2.65 bits per heavy atom. The number of carbonyl (C=O) groups excluding carboxylic acids is 2. The predicted molar refractivity (Wildman–Crippen MR) is 90.1 cm³/mol. The summed E-state index contributed by atoms with van der Waals surface area (Å²) in [5.41, 5.74) is 0.944. The quantitative estimate of drug-likeness (QED) is 0.900. The van der Waals surface area contributed by atoms with Gasteiger partial charge in [-0.05, 0) is 25.7 Å². The Hall–Kier alpha value is -1.43. The molecule has 0 radical (unpaired) electrons. The van der Waals surface area contributed by atoms with Crippen molar-refractivity contribution in [3.05, 3.63) is 16.1 Å². The van der Waals surface area contributed by atoms with Crippen LogP contribution in [0, 0.1) is 5.92 Å². The molecule has 0 atom stereocenters. The van der Waals surface area contributed by atoms with Crippen LogP contribution in [0.25, 0.3) is 0 Å². The highest BCUT2D eigenvalue weighted by Crippen LogP contribution is 2.33. The van der Waals surface area contributed by atoms with Gasteiger partial charge in [0.05, 0.1) is 17.2 Å². The van der Waals surface area contributed by atoms with Crippen LogP contribution >= 0.6 is 11.3 Å². The molecule has 1 aliphatic heterocycles. The summed E-state index contributed by atoms with van der Waals surface area (Å²) in [6, 6.07) is 0. The number of piperidine rings is 1. The van der Waals surface area contributed by atoms with E-state index in [1.165, 1.54) is 6.42 Å². The third kappa shape index (κ3) is 3.91. The van der Waals surface area contributed by atoms with Gasteiger partial charge in [-0.3, -0.25) is 9.59 Å². The molecule has 1 N–H and O–H groups in total. The van der Waals surface area contributed by atoms with Gasteiger partial charge in [-0.2, -0.15) is 0 Å². The van der Waals surface area contributed by atoms with Crippen LogP contribution in [0.2, 0.25) is 0 Å². The second-order valence-corrected chi connectivity index (χ2v) is 7.42. The van der Waals surface area contributed by atoms with Gasteiger partial charge in [0.2, 0.25) is 11.8 Å². The zero-order valence-corrected chi connectivity index (χ0v) is 14.5. The van der Waals surface area contributed by atoms with Gasteiger partial charge in [-0.15, -0.1) is 11.3 Å². The molecule has 1 aromatic heterocycles. The molecule has 2 amide bonds. The minimum atomic E-state index is 0.0577. The van der Waals surface area contributed by atoms with Crippen molar-refractivity contribution in [2.45, 2.75) is 57.9 Å². The van der Waals surface area contributed by atoms with Crippen LogP contribution in [0.15, 0.2) is 5.38 Å². The fourth-order valence-corrected chi connectivity index (χ4v) is 4.16. The normalized spacial score (nSPS) is 19.4. The van der Waals surface area contributed by atoms with Gasteiger partial charge in [0.1, 0.15) is 0 Å². The van der Waals surface area contributed by atoms with Crippen LogP contribution in [0.1, 0.15) is 62.1 Å². The largest absolute Gasteiger partial charge is 0.350 e. The predicted octanol–water partition coefficient (Wildman–Crippen LogP) is 2.68. The number of nitrogens with one attached hydrogen (secondary N) is 1. The standard InChI is InChI=1S/C17H25N3O2S/c1-2-15(21)18-10-14-11-23-16(19-14)12-6-8-20(9-7-12)17(22)13-4-3-5-13/h11-13H,2-10H2,1H3,(H,18,21). The van der Waals surface area contributed by atoms with Crippen molar-refractivity contribution in [2.24, 2.45) is 5.92 Å². The number of likely N-dealkylation sites (tertiary alicyclic amines) is 1. The van der Waals surface area contributed by atoms with Gasteiger partial charge < -0.3 is 10.2 Å². The Labute approximate surface area is 141 Å². The lowest BCUT2D eigenvalue weighted by atomic mass is 9.83. The minimum Gasteiger partial charge on any atom is -0.350 e. The van der Waals surface area contributed by atoms with Gasteiger partial charge >= 0.3 is 0 Å². The van der Waals surface area contributed by atoms with E-state index in [0.717, 1.165) is 49.5 Å². The molecule has 0 spiro atoms. The molecular formula is C17H25N3O2S. The fourth-order valence-electron chi connectivity index (χ4n) is 3.17. The maximum Gasteiger partial charge on any atom is 0.225 e. The van der Waals surface area contributed by atoms with Crippen molar-refractivity contribution in [3.63, 3.8) is 0 Å². The fraction of sp³-hybridized carbons (Fsp3) is 0.706. The number of nitrogens with zero attached hydrogens (tertiary/aromatic N) is 2. The van der Waals surface area contributed by atoms with Crippen molar-refractivity contribution in [1.82, 2.24) is 15.2 Å². The Balaban J connectivity index is 1.48. The number of thiazole rings is 1. The van der Waals surface area contributed by atoms with Crippen LogP contribution in [0.4, 0.5) is 0 Å². The van der Waals surface area contributed by atoms with Crippen LogP contribution in [-0.4, -0.2) is 34.8 Å². The molecule has 1 saturated carbocycles. The summed E-state index contributed by atoms with van der Waals surface area (Å²) in [4.78, 5) is 30.3. The lowest BCUT2D eigenvalue weighted by molar-refractivity contribution is -0.139. The number of amides is 2. The molecule has 6 heteroatoms. The van der Waals surface area contributed by atoms with E-state index in [0.29, 0.717) is 30.7 Å². The topological polar surface area (TPSA) is 62.3 Å². The lowest BCUT2D eigenvalue weighted by Crippen LogP contribution is -2.43. The molecule has 0 aromatic carbocycles. The van der Waals surface area contributed by atoms with E-state index in [-0.39, 0.29) is 5.91 Å². The zero-order valence-electron chi connectivity index (χ0n) is 13.7. The summed E-state index contributed by atoms with van der Waals surface area (Å²) >= 11 is 1.68. The molecule has 2 heterocycles. The zero-order chi connectivity index (χ0) is 16.2. The van der Waals surface area contributed by atoms with E-state index < -0.39 is 0 Å². The van der Waals surface area contributed by atoms with Gasteiger partial charge in [0.25, 0.3) is 0 Å². The monoisotopic (exact) mass is 335 g/mol. The summed E-state index contributed by atoms with van der Waals surface area (Å²) in [7, 11) is 0. The number of hydrogen-bond acceptors (Lipinski definition) is 4. The van der Waals surface area contributed by atoms with E-state index in [9.17, 15) is 9.59 Å². The SMILES string of the molecule is CCC(=O)NCc1csc(C2CCN(C(=O)C3CCC3)CC2)n1. The Morgan fingerprint density at radius 2 is 2.04 bits per heavy atom. The van der Waals surface area contributed by atoms with Crippen molar-refractivity contribution >= 4 is 23.2 Å². The van der Waals surface area contributed by atoms with E-state index in [4.69, 9.17) is 0 Å². The average Bonchev–Trinajstić information content (AvgIpc) is 3.00. The molecule has 23 heavy (non-hydrogen) atoms. The van der Waals surface area contributed by atoms with Gasteiger partial charge in [0.15, 0.2) is 0 Å². The molecule has 5 nitrogen and oxygen atoms in total. The van der Waals surface area contributed by atoms with E-state index >= 15 is 0 Å². The van der Waals surface area contributed by atoms with Crippen molar-refractivity contribution in [3.8, 4) is 0 Å². The highest BCUT2D eigenvalue weighted by Gasteiger charge is 2.32. The summed E-state index contributed by atoms with van der Waals surface area (Å²) in [5, 5.41) is 6.06. The number of rotatable bonds is 5. The molecule has 126 valence electrons. The highest BCUT2D eigenvalue weighted by atomic mass is 32.1. The minimum absolute atomic E-state index is 0.0577. The molecule has 2 aliphatic rings. The maximum absolute atomic E-state index is 12.3. The first kappa shape index (κ1) is 16.4. The lowest BCUT2D eigenvalue weighted by Gasteiger charge is -2.36. The molecular weight excluding hydrogens is 310 g/mol. The highest BCUT2D eigenvalue weighted by molar-refractivity contribution is 7.09. The van der Waals surface area contributed by atoms with E-state index in [1.54, 1.807) is 11.3 Å². The first-order chi connectivity index (χ1) is 11.2. The Kier molecular flexibility index (Phi) is 5.30. The van der Waals surface area contributed by atoms with Crippen molar-refractivity contribution in [1.29, 1.82) is 0 Å². The number of aromatic nitrogens is 1. The van der Waals surface area contributed by atoms with E-state index in [1.807, 2.05) is 12.3 Å². The Morgan fingerprint density at radius 1 is 1.30 bits per heavy atom. The van der Waals surface area contributed by atoms with Crippen LogP contribution in [-0.2, 0) is 16.1 Å².